The van der Waals surface area contributed by atoms with E-state index in [0.29, 0.717) is 12.5 Å². The molecule has 0 aliphatic heterocycles. The van der Waals surface area contributed by atoms with Gasteiger partial charge in [-0.15, -0.1) is 12.4 Å². The van der Waals surface area contributed by atoms with Gasteiger partial charge in [-0.05, 0) is 43.4 Å². The molecule has 2 unspecified atom stereocenters. The van der Waals surface area contributed by atoms with Crippen molar-refractivity contribution in [3.8, 4) is 5.75 Å². The molecular weight excluding hydrogens is 288 g/mol. The van der Waals surface area contributed by atoms with Crippen LogP contribution in [0.1, 0.15) is 31.7 Å². The summed E-state index contributed by atoms with van der Waals surface area (Å²) in [6.45, 7) is 2.79. The summed E-state index contributed by atoms with van der Waals surface area (Å²) in [6.07, 6.45) is 4.18. The van der Waals surface area contributed by atoms with Crippen molar-refractivity contribution in [1.29, 1.82) is 0 Å². The van der Waals surface area contributed by atoms with Gasteiger partial charge in [-0.1, -0.05) is 31.5 Å². The van der Waals surface area contributed by atoms with Crippen molar-refractivity contribution in [2.75, 3.05) is 13.2 Å². The first-order valence-electron chi connectivity index (χ1n) is 7.44. The minimum absolute atomic E-state index is 0. The first-order chi connectivity index (χ1) is 9.74. The number of nitrogens with two attached hydrogens (primary N) is 1. The molecule has 1 aliphatic rings. The van der Waals surface area contributed by atoms with Gasteiger partial charge in [0.05, 0.1) is 0 Å². The van der Waals surface area contributed by atoms with Gasteiger partial charge in [0.25, 0.3) is 5.91 Å². The summed E-state index contributed by atoms with van der Waals surface area (Å²) < 4.78 is 5.63. The lowest BCUT2D eigenvalue weighted by Gasteiger charge is -2.19. The normalized spacial score (nSPS) is 20.7. The van der Waals surface area contributed by atoms with Crippen molar-refractivity contribution in [3.05, 3.63) is 29.8 Å². The molecule has 0 spiro atoms. The molecule has 1 fully saturated rings. The monoisotopic (exact) mass is 312 g/mol. The van der Waals surface area contributed by atoms with Gasteiger partial charge in [0, 0.05) is 6.04 Å². The van der Waals surface area contributed by atoms with E-state index < -0.39 is 0 Å². The number of benzene rings is 1. The molecule has 2 rings (SSSR count). The van der Waals surface area contributed by atoms with Crippen molar-refractivity contribution >= 4 is 18.3 Å². The molecule has 1 saturated carbocycles. The number of ether oxygens (including phenoxy) is 1. The lowest BCUT2D eigenvalue weighted by atomic mass is 10.0. The minimum atomic E-state index is -0.0544. The van der Waals surface area contributed by atoms with Crippen LogP contribution in [0.25, 0.3) is 0 Å². The van der Waals surface area contributed by atoms with Crippen LogP contribution in [-0.4, -0.2) is 25.1 Å². The highest BCUT2D eigenvalue weighted by Crippen LogP contribution is 2.24. The third kappa shape index (κ3) is 4.90. The molecule has 1 aliphatic carbocycles. The van der Waals surface area contributed by atoms with Crippen molar-refractivity contribution in [1.82, 2.24) is 5.32 Å². The van der Waals surface area contributed by atoms with E-state index in [9.17, 15) is 4.79 Å². The zero-order valence-electron chi connectivity index (χ0n) is 12.5. The molecule has 0 bridgehead atoms. The Morgan fingerprint density at radius 3 is 2.86 bits per heavy atom. The van der Waals surface area contributed by atoms with E-state index in [-0.39, 0.29) is 31.0 Å². The molecule has 0 radical (unpaired) electrons. The predicted molar refractivity (Wildman–Crippen MR) is 86.9 cm³/mol. The molecule has 1 aromatic carbocycles. The number of amides is 1. The van der Waals surface area contributed by atoms with Crippen LogP contribution in [-0.2, 0) is 11.2 Å². The number of hydrogen-bond acceptors (Lipinski definition) is 3. The summed E-state index contributed by atoms with van der Waals surface area (Å²) in [5.41, 5.74) is 6.85. The largest absolute Gasteiger partial charge is 0.483 e. The van der Waals surface area contributed by atoms with Crippen molar-refractivity contribution in [2.45, 2.75) is 38.6 Å². The smallest absolute Gasteiger partial charge is 0.258 e. The van der Waals surface area contributed by atoms with Crippen LogP contribution in [0.15, 0.2) is 24.3 Å². The van der Waals surface area contributed by atoms with Crippen LogP contribution < -0.4 is 15.8 Å². The summed E-state index contributed by atoms with van der Waals surface area (Å²) in [7, 11) is 0. The fourth-order valence-electron chi connectivity index (χ4n) is 2.84. The Hall–Kier alpha value is -1.26. The van der Waals surface area contributed by atoms with Crippen LogP contribution in [0.4, 0.5) is 0 Å². The number of halogens is 1. The maximum atomic E-state index is 12.0. The second-order valence-electron chi connectivity index (χ2n) is 5.35. The van der Waals surface area contributed by atoms with Gasteiger partial charge in [-0.25, -0.2) is 0 Å². The number of rotatable bonds is 6. The quantitative estimate of drug-likeness (QED) is 0.847. The Balaban J connectivity index is 0.00000220. The number of nitrogens with one attached hydrogen (secondary N) is 1. The zero-order valence-corrected chi connectivity index (χ0v) is 13.3. The predicted octanol–water partition coefficient (Wildman–Crippen LogP) is 2.29. The van der Waals surface area contributed by atoms with Crippen LogP contribution in [0.2, 0.25) is 0 Å². The second-order valence-corrected chi connectivity index (χ2v) is 5.35. The van der Waals surface area contributed by atoms with E-state index in [4.69, 9.17) is 10.5 Å². The van der Waals surface area contributed by atoms with Crippen LogP contribution >= 0.6 is 12.4 Å². The van der Waals surface area contributed by atoms with Gasteiger partial charge < -0.3 is 15.8 Å². The Kier molecular flexibility index (Phi) is 7.54. The average molecular weight is 313 g/mol. The van der Waals surface area contributed by atoms with Gasteiger partial charge in [0.2, 0.25) is 0 Å². The molecule has 0 aromatic heterocycles. The second kappa shape index (κ2) is 8.90. The molecule has 1 amide bonds. The maximum Gasteiger partial charge on any atom is 0.258 e. The molecule has 1 aromatic rings. The number of para-hydroxylation sites is 1. The van der Waals surface area contributed by atoms with E-state index in [2.05, 4.69) is 12.2 Å². The van der Waals surface area contributed by atoms with E-state index >= 15 is 0 Å². The Labute approximate surface area is 132 Å². The van der Waals surface area contributed by atoms with Gasteiger partial charge in [0.1, 0.15) is 5.75 Å². The Bertz CT molecular complexity index is 454. The van der Waals surface area contributed by atoms with Crippen molar-refractivity contribution < 1.29 is 9.53 Å². The highest BCUT2D eigenvalue weighted by atomic mass is 35.5. The first-order valence-corrected chi connectivity index (χ1v) is 7.44. The first kappa shape index (κ1) is 17.8. The van der Waals surface area contributed by atoms with E-state index in [1.807, 2.05) is 24.3 Å². The third-order valence-corrected chi connectivity index (χ3v) is 4.02. The van der Waals surface area contributed by atoms with Crippen LogP contribution in [0.3, 0.4) is 0 Å². The number of carbonyl (C=O) groups excluding carboxylic acids is 1. The summed E-state index contributed by atoms with van der Waals surface area (Å²) in [5.74, 6) is 1.16. The van der Waals surface area contributed by atoms with Gasteiger partial charge in [-0.2, -0.15) is 0 Å². The number of carbonyl (C=O) groups is 1. The summed E-state index contributed by atoms with van der Waals surface area (Å²) in [4.78, 5) is 12.0. The van der Waals surface area contributed by atoms with Crippen molar-refractivity contribution in [2.24, 2.45) is 11.7 Å². The van der Waals surface area contributed by atoms with Crippen LogP contribution in [0, 0.1) is 5.92 Å². The minimum Gasteiger partial charge on any atom is -0.483 e. The third-order valence-electron chi connectivity index (χ3n) is 4.02. The number of aryl methyl sites for hydroxylation is 1. The molecule has 118 valence electrons. The topological polar surface area (TPSA) is 64.3 Å². The molecule has 3 N–H and O–H groups in total. The SMILES string of the molecule is CCc1ccccc1OCC(=O)NC1CCCC1CN.Cl. The van der Waals surface area contributed by atoms with Crippen LogP contribution in [0.5, 0.6) is 5.75 Å². The standard InChI is InChI=1S/C16H24N2O2.ClH/c1-2-12-6-3-4-9-15(12)20-11-16(19)18-14-8-5-7-13(14)10-17;/h3-4,6,9,13-14H,2,5,7-8,10-11,17H2,1H3,(H,18,19);1H. The fraction of sp³-hybridized carbons (Fsp3) is 0.562. The summed E-state index contributed by atoms with van der Waals surface area (Å²) in [6, 6.07) is 8.06. The zero-order chi connectivity index (χ0) is 14.4. The molecule has 21 heavy (non-hydrogen) atoms. The lowest BCUT2D eigenvalue weighted by molar-refractivity contribution is -0.124. The molecule has 5 heteroatoms. The lowest BCUT2D eigenvalue weighted by Crippen LogP contribution is -2.42. The van der Waals surface area contributed by atoms with E-state index in [1.165, 1.54) is 0 Å². The molecule has 2 atom stereocenters. The molecule has 0 saturated heterocycles. The highest BCUT2D eigenvalue weighted by Gasteiger charge is 2.27. The van der Waals surface area contributed by atoms with E-state index in [1.54, 1.807) is 0 Å². The highest BCUT2D eigenvalue weighted by molar-refractivity contribution is 5.85. The Morgan fingerprint density at radius 1 is 1.38 bits per heavy atom. The maximum absolute atomic E-state index is 12.0. The number of hydrogen-bond donors (Lipinski definition) is 2. The van der Waals surface area contributed by atoms with E-state index in [0.717, 1.165) is 37.0 Å². The summed E-state index contributed by atoms with van der Waals surface area (Å²) >= 11 is 0. The molecule has 4 nitrogen and oxygen atoms in total. The fourth-order valence-corrected chi connectivity index (χ4v) is 2.84. The van der Waals surface area contributed by atoms with Gasteiger partial charge in [0.15, 0.2) is 6.61 Å². The molecule has 0 heterocycles. The Morgan fingerprint density at radius 2 is 2.14 bits per heavy atom. The van der Waals surface area contributed by atoms with Gasteiger partial charge in [-0.3, -0.25) is 4.79 Å². The average Bonchev–Trinajstić information content (AvgIpc) is 2.92. The van der Waals surface area contributed by atoms with Gasteiger partial charge >= 0.3 is 0 Å². The van der Waals surface area contributed by atoms with Crippen molar-refractivity contribution in [3.63, 3.8) is 0 Å². The summed E-state index contributed by atoms with van der Waals surface area (Å²) in [5, 5.41) is 3.04. The molecular formula is C16H25ClN2O2.